The topological polar surface area (TPSA) is 96.4 Å². The summed E-state index contributed by atoms with van der Waals surface area (Å²) < 4.78 is 6.70. The van der Waals surface area contributed by atoms with Crippen molar-refractivity contribution in [3.63, 3.8) is 0 Å². The van der Waals surface area contributed by atoms with E-state index in [-0.39, 0.29) is 18.5 Å². The normalized spacial score (nSPS) is 15.7. The molecule has 5 rings (SSSR count). The molecule has 1 atom stereocenters. The van der Waals surface area contributed by atoms with E-state index in [9.17, 15) is 14.4 Å². The smallest absolute Gasteiger partial charge is 0.329 e. The summed E-state index contributed by atoms with van der Waals surface area (Å²) in [5.74, 6) is 0.579. The number of para-hydroxylation sites is 1. The predicted molar refractivity (Wildman–Crippen MR) is 144 cm³/mol. The van der Waals surface area contributed by atoms with E-state index in [2.05, 4.69) is 15.2 Å². The van der Waals surface area contributed by atoms with Crippen molar-refractivity contribution in [2.45, 2.75) is 25.6 Å². The molecule has 2 heterocycles. The van der Waals surface area contributed by atoms with Crippen LogP contribution in [-0.2, 0) is 13.1 Å². The minimum Gasteiger partial charge on any atom is -0.497 e. The average Bonchev–Trinajstić information content (AvgIpc) is 3.34. The van der Waals surface area contributed by atoms with E-state index in [0.717, 1.165) is 37.4 Å². The summed E-state index contributed by atoms with van der Waals surface area (Å²) in [7, 11) is 1.65. The van der Waals surface area contributed by atoms with E-state index < -0.39 is 11.2 Å². The number of benzene rings is 3. The highest BCUT2D eigenvalue weighted by molar-refractivity contribution is 6.33. The van der Waals surface area contributed by atoms with Gasteiger partial charge in [0.2, 0.25) is 0 Å². The number of halogens is 1. The number of rotatable bonds is 7. The van der Waals surface area contributed by atoms with Gasteiger partial charge in [0.05, 0.1) is 35.1 Å². The second-order valence-corrected chi connectivity index (χ2v) is 9.63. The van der Waals surface area contributed by atoms with Crippen LogP contribution in [0.25, 0.3) is 10.9 Å². The third-order valence-corrected chi connectivity index (χ3v) is 7.02. The second kappa shape index (κ2) is 10.6. The molecular weight excluding hydrogens is 492 g/mol. The van der Waals surface area contributed by atoms with Crippen molar-refractivity contribution in [3.8, 4) is 5.75 Å². The molecule has 2 N–H and O–H groups in total. The summed E-state index contributed by atoms with van der Waals surface area (Å²) in [4.78, 5) is 42.5. The fourth-order valence-corrected chi connectivity index (χ4v) is 4.98. The van der Waals surface area contributed by atoms with E-state index in [4.69, 9.17) is 16.3 Å². The summed E-state index contributed by atoms with van der Waals surface area (Å²) in [6, 6.07) is 20.1. The van der Waals surface area contributed by atoms with Crippen LogP contribution >= 0.6 is 11.6 Å². The minimum absolute atomic E-state index is 0.0104. The highest BCUT2D eigenvalue weighted by Crippen LogP contribution is 2.21. The first-order chi connectivity index (χ1) is 17.9. The fraction of sp³-hybridized carbons (Fsp3) is 0.250. The number of methoxy groups -OCH3 is 1. The van der Waals surface area contributed by atoms with Crippen molar-refractivity contribution in [1.29, 1.82) is 0 Å². The molecule has 3 aromatic carbocycles. The van der Waals surface area contributed by atoms with Crippen LogP contribution in [0.5, 0.6) is 5.75 Å². The molecule has 9 heteroatoms. The quantitative estimate of drug-likeness (QED) is 0.391. The Morgan fingerprint density at radius 2 is 1.81 bits per heavy atom. The van der Waals surface area contributed by atoms with Crippen LogP contribution in [-0.4, -0.2) is 46.6 Å². The number of nitrogens with one attached hydrogen (secondary N) is 2. The average molecular weight is 519 g/mol. The number of hydrogen-bond donors (Lipinski definition) is 2. The van der Waals surface area contributed by atoms with Crippen molar-refractivity contribution in [2.24, 2.45) is 0 Å². The molecule has 0 spiro atoms. The van der Waals surface area contributed by atoms with Crippen molar-refractivity contribution in [3.05, 3.63) is 109 Å². The van der Waals surface area contributed by atoms with Gasteiger partial charge in [-0.1, -0.05) is 41.9 Å². The number of nitrogens with zero attached hydrogens (tertiary/aromatic N) is 2. The third kappa shape index (κ3) is 5.45. The van der Waals surface area contributed by atoms with Crippen LogP contribution in [0.4, 0.5) is 0 Å². The Morgan fingerprint density at radius 3 is 2.59 bits per heavy atom. The number of carbonyl (C=O) groups is 1. The van der Waals surface area contributed by atoms with Gasteiger partial charge in [-0.15, -0.1) is 0 Å². The maximum absolute atomic E-state index is 13.1. The first-order valence-corrected chi connectivity index (χ1v) is 12.5. The molecule has 1 aliphatic rings. The molecule has 0 radical (unpaired) electrons. The molecule has 1 fully saturated rings. The van der Waals surface area contributed by atoms with Crippen LogP contribution < -0.4 is 21.3 Å². The Balaban J connectivity index is 1.28. The molecule has 1 aromatic heterocycles. The first kappa shape index (κ1) is 24.8. The lowest BCUT2D eigenvalue weighted by Gasteiger charge is -2.17. The monoisotopic (exact) mass is 518 g/mol. The van der Waals surface area contributed by atoms with Crippen LogP contribution in [0, 0.1) is 0 Å². The van der Waals surface area contributed by atoms with Gasteiger partial charge < -0.3 is 10.1 Å². The number of likely N-dealkylation sites (tertiary alicyclic amines) is 1. The van der Waals surface area contributed by atoms with Crippen molar-refractivity contribution < 1.29 is 9.53 Å². The largest absolute Gasteiger partial charge is 0.497 e. The number of ether oxygens (including phenoxy) is 1. The Labute approximate surface area is 218 Å². The van der Waals surface area contributed by atoms with Gasteiger partial charge in [0.25, 0.3) is 11.5 Å². The number of fused-ring (bicyclic) bond motifs is 1. The van der Waals surface area contributed by atoms with Crippen LogP contribution in [0.2, 0.25) is 5.02 Å². The van der Waals surface area contributed by atoms with E-state index in [0.29, 0.717) is 21.5 Å². The number of H-pyrrole nitrogens is 1. The fourth-order valence-electron chi connectivity index (χ4n) is 4.77. The molecule has 1 unspecified atom stereocenters. The van der Waals surface area contributed by atoms with Gasteiger partial charge in [0.15, 0.2) is 0 Å². The van der Waals surface area contributed by atoms with Crippen LogP contribution in [0.3, 0.4) is 0 Å². The van der Waals surface area contributed by atoms with Gasteiger partial charge in [0.1, 0.15) is 5.75 Å². The van der Waals surface area contributed by atoms with Gasteiger partial charge in [-0.05, 0) is 53.9 Å². The van der Waals surface area contributed by atoms with Gasteiger partial charge >= 0.3 is 5.69 Å². The number of amides is 1. The Hall–Kier alpha value is -3.88. The Kier molecular flexibility index (Phi) is 7.12. The number of aromatic nitrogens is 2. The lowest BCUT2D eigenvalue weighted by Crippen LogP contribution is -2.37. The molecule has 0 bridgehead atoms. The molecule has 0 saturated carbocycles. The molecule has 37 heavy (non-hydrogen) atoms. The van der Waals surface area contributed by atoms with Gasteiger partial charge in [-0.25, -0.2) is 4.79 Å². The molecule has 1 aliphatic heterocycles. The molecule has 4 aromatic rings. The van der Waals surface area contributed by atoms with Gasteiger partial charge in [0, 0.05) is 25.7 Å². The molecule has 190 valence electrons. The second-order valence-electron chi connectivity index (χ2n) is 9.22. The van der Waals surface area contributed by atoms with Crippen molar-refractivity contribution in [2.75, 3.05) is 20.2 Å². The first-order valence-electron chi connectivity index (χ1n) is 12.1. The van der Waals surface area contributed by atoms with E-state index >= 15 is 0 Å². The van der Waals surface area contributed by atoms with E-state index in [1.54, 1.807) is 49.6 Å². The lowest BCUT2D eigenvalue weighted by molar-refractivity contribution is 0.0937. The third-order valence-electron chi connectivity index (χ3n) is 6.69. The summed E-state index contributed by atoms with van der Waals surface area (Å²) in [5, 5.41) is 3.87. The zero-order valence-corrected chi connectivity index (χ0v) is 21.1. The molecule has 1 saturated heterocycles. The lowest BCUT2D eigenvalue weighted by atomic mass is 10.1. The van der Waals surface area contributed by atoms with E-state index in [1.165, 1.54) is 10.1 Å². The SMILES string of the molecule is COc1ccc(CN2CCC(NC(=O)c3cc(Cn4c(=O)[nH]c(=O)c5ccccc54)ccc3Cl)C2)cc1. The maximum Gasteiger partial charge on any atom is 0.329 e. The predicted octanol–water partition coefficient (Wildman–Crippen LogP) is 3.40. The van der Waals surface area contributed by atoms with Crippen molar-refractivity contribution in [1.82, 2.24) is 19.8 Å². The molecular formula is C28H27ClN4O4. The highest BCUT2D eigenvalue weighted by Gasteiger charge is 2.25. The summed E-state index contributed by atoms with van der Waals surface area (Å²) in [5.41, 5.74) is 1.86. The number of hydrogen-bond acceptors (Lipinski definition) is 5. The maximum atomic E-state index is 13.1. The summed E-state index contributed by atoms with van der Waals surface area (Å²) in [6.45, 7) is 2.61. The van der Waals surface area contributed by atoms with Crippen LogP contribution in [0.15, 0.2) is 76.3 Å². The summed E-state index contributed by atoms with van der Waals surface area (Å²) in [6.07, 6.45) is 0.845. The Morgan fingerprint density at radius 1 is 1.05 bits per heavy atom. The standard InChI is InChI=1S/C28H27ClN4O4/c1-37-21-9-6-18(7-10-21)15-32-13-12-20(17-32)30-27(35)23-14-19(8-11-24(23)29)16-33-25-5-3-2-4-22(25)26(34)31-28(33)36/h2-11,14,20H,12-13,15-17H2,1H3,(H,30,35)(H,31,34,36). The number of aromatic amines is 1. The van der Waals surface area contributed by atoms with Gasteiger partial charge in [-0.3, -0.25) is 24.0 Å². The zero-order valence-electron chi connectivity index (χ0n) is 20.4. The molecule has 0 aliphatic carbocycles. The van der Waals surface area contributed by atoms with Crippen LogP contribution in [0.1, 0.15) is 27.9 Å². The number of carbonyl (C=O) groups excluding carboxylic acids is 1. The minimum atomic E-state index is -0.507. The molecule has 8 nitrogen and oxygen atoms in total. The van der Waals surface area contributed by atoms with Gasteiger partial charge in [-0.2, -0.15) is 0 Å². The van der Waals surface area contributed by atoms with E-state index in [1.807, 2.05) is 24.3 Å². The Bertz CT molecular complexity index is 1560. The molecule has 1 amide bonds. The highest BCUT2D eigenvalue weighted by atomic mass is 35.5. The zero-order chi connectivity index (χ0) is 25.9. The summed E-state index contributed by atoms with van der Waals surface area (Å²) >= 11 is 6.39. The van der Waals surface area contributed by atoms with Crippen molar-refractivity contribution >= 4 is 28.4 Å².